The van der Waals surface area contributed by atoms with Gasteiger partial charge in [0.15, 0.2) is 0 Å². The van der Waals surface area contributed by atoms with Crippen LogP contribution in [0.4, 0.5) is 17.3 Å². The zero-order chi connectivity index (χ0) is 12.8. The van der Waals surface area contributed by atoms with Crippen molar-refractivity contribution in [3.8, 4) is 0 Å². The minimum Gasteiger partial charge on any atom is -0.366 e. The van der Waals surface area contributed by atoms with Crippen LogP contribution in [-0.2, 0) is 0 Å². The van der Waals surface area contributed by atoms with Crippen LogP contribution in [0.15, 0.2) is 42.7 Å². The number of rotatable bonds is 5. The third-order valence-corrected chi connectivity index (χ3v) is 2.46. The van der Waals surface area contributed by atoms with Crippen LogP contribution >= 0.6 is 0 Å². The summed E-state index contributed by atoms with van der Waals surface area (Å²) in [5, 5.41) is 6.41. The van der Waals surface area contributed by atoms with Gasteiger partial charge in [-0.1, -0.05) is 18.2 Å². The zero-order valence-electron chi connectivity index (χ0n) is 10.3. The normalized spacial score (nSPS) is 11.9. The van der Waals surface area contributed by atoms with Crippen molar-refractivity contribution in [3.05, 3.63) is 42.7 Å². The Morgan fingerprint density at radius 1 is 1.17 bits per heavy atom. The van der Waals surface area contributed by atoms with Gasteiger partial charge < -0.3 is 16.4 Å². The summed E-state index contributed by atoms with van der Waals surface area (Å²) >= 11 is 0. The molecule has 1 atom stereocenters. The van der Waals surface area contributed by atoms with Gasteiger partial charge in [-0.2, -0.15) is 0 Å². The predicted octanol–water partition coefficient (Wildman–Crippen LogP) is 1.98. The van der Waals surface area contributed by atoms with Gasteiger partial charge in [0, 0.05) is 24.3 Å². The molecule has 0 aliphatic carbocycles. The Morgan fingerprint density at radius 3 is 2.61 bits per heavy atom. The highest BCUT2D eigenvalue weighted by Gasteiger charge is 2.02. The standard InChI is InChI=1S/C13H17N5/c1-10(8-14)17-12-7-13(16-9-15-12)18-11-5-3-2-4-6-11/h2-7,9-10H,8,14H2,1H3,(H2,15,16,17,18). The van der Waals surface area contributed by atoms with Crippen molar-refractivity contribution in [1.29, 1.82) is 0 Å². The summed E-state index contributed by atoms with van der Waals surface area (Å²) in [5.41, 5.74) is 6.55. The van der Waals surface area contributed by atoms with E-state index in [1.165, 1.54) is 6.33 Å². The molecule has 5 heteroatoms. The SMILES string of the molecule is CC(CN)Nc1cc(Nc2ccccc2)ncn1. The number of hydrogen-bond donors (Lipinski definition) is 3. The van der Waals surface area contributed by atoms with Gasteiger partial charge in [0.1, 0.15) is 18.0 Å². The van der Waals surface area contributed by atoms with Crippen molar-refractivity contribution >= 4 is 17.3 Å². The maximum atomic E-state index is 5.56. The Kier molecular flexibility index (Phi) is 4.09. The number of aromatic nitrogens is 2. The molecule has 1 heterocycles. The summed E-state index contributed by atoms with van der Waals surface area (Å²) in [7, 11) is 0. The van der Waals surface area contributed by atoms with Crippen molar-refractivity contribution < 1.29 is 0 Å². The van der Waals surface area contributed by atoms with E-state index in [1.54, 1.807) is 0 Å². The molecule has 0 bridgehead atoms. The summed E-state index contributed by atoms with van der Waals surface area (Å²) in [6.07, 6.45) is 1.52. The third-order valence-electron chi connectivity index (χ3n) is 2.46. The fraction of sp³-hybridized carbons (Fsp3) is 0.231. The van der Waals surface area contributed by atoms with Gasteiger partial charge in [-0.25, -0.2) is 9.97 Å². The molecule has 0 aliphatic heterocycles. The van der Waals surface area contributed by atoms with Crippen LogP contribution in [0, 0.1) is 0 Å². The molecule has 1 unspecified atom stereocenters. The monoisotopic (exact) mass is 243 g/mol. The largest absolute Gasteiger partial charge is 0.366 e. The summed E-state index contributed by atoms with van der Waals surface area (Å²) in [6.45, 7) is 2.57. The van der Waals surface area contributed by atoms with Gasteiger partial charge >= 0.3 is 0 Å². The van der Waals surface area contributed by atoms with Crippen LogP contribution in [0.25, 0.3) is 0 Å². The molecule has 0 amide bonds. The van der Waals surface area contributed by atoms with Crippen LogP contribution in [0.2, 0.25) is 0 Å². The smallest absolute Gasteiger partial charge is 0.135 e. The summed E-state index contributed by atoms with van der Waals surface area (Å²) < 4.78 is 0. The van der Waals surface area contributed by atoms with E-state index in [2.05, 4.69) is 20.6 Å². The second-order valence-corrected chi connectivity index (χ2v) is 4.06. The first-order chi connectivity index (χ1) is 8.78. The Bertz CT molecular complexity index is 486. The molecule has 2 rings (SSSR count). The van der Waals surface area contributed by atoms with Crippen molar-refractivity contribution in [1.82, 2.24) is 9.97 Å². The first-order valence-electron chi connectivity index (χ1n) is 5.88. The lowest BCUT2D eigenvalue weighted by Crippen LogP contribution is -2.25. The fourth-order valence-electron chi connectivity index (χ4n) is 1.49. The van der Waals surface area contributed by atoms with Crippen molar-refractivity contribution in [3.63, 3.8) is 0 Å². The summed E-state index contributed by atoms with van der Waals surface area (Å²) in [4.78, 5) is 8.33. The molecule has 94 valence electrons. The van der Waals surface area contributed by atoms with Crippen LogP contribution in [0.5, 0.6) is 0 Å². The Labute approximate surface area is 106 Å². The number of hydrogen-bond acceptors (Lipinski definition) is 5. The van der Waals surface area contributed by atoms with Crippen molar-refractivity contribution in [2.75, 3.05) is 17.2 Å². The number of nitrogens with two attached hydrogens (primary N) is 1. The Hall–Kier alpha value is -2.14. The molecule has 0 radical (unpaired) electrons. The van der Waals surface area contributed by atoms with Crippen LogP contribution in [0.3, 0.4) is 0 Å². The van der Waals surface area contributed by atoms with Crippen LogP contribution < -0.4 is 16.4 Å². The van der Waals surface area contributed by atoms with E-state index in [0.717, 1.165) is 17.3 Å². The molecular formula is C13H17N5. The number of anilines is 3. The lowest BCUT2D eigenvalue weighted by molar-refractivity contribution is 0.797. The highest BCUT2D eigenvalue weighted by atomic mass is 15.1. The highest BCUT2D eigenvalue weighted by molar-refractivity contribution is 5.58. The zero-order valence-corrected chi connectivity index (χ0v) is 10.3. The summed E-state index contributed by atoms with van der Waals surface area (Å²) in [6, 6.07) is 11.9. The highest BCUT2D eigenvalue weighted by Crippen LogP contribution is 2.15. The topological polar surface area (TPSA) is 75.9 Å². The first kappa shape index (κ1) is 12.3. The van der Waals surface area contributed by atoms with E-state index in [4.69, 9.17) is 5.73 Å². The molecule has 0 spiro atoms. The average molecular weight is 243 g/mol. The van der Waals surface area contributed by atoms with E-state index in [0.29, 0.717) is 6.54 Å². The van der Waals surface area contributed by atoms with Gasteiger partial charge in [0.2, 0.25) is 0 Å². The van der Waals surface area contributed by atoms with E-state index in [-0.39, 0.29) is 6.04 Å². The predicted molar refractivity (Wildman–Crippen MR) is 73.9 cm³/mol. The van der Waals surface area contributed by atoms with Crippen LogP contribution in [0.1, 0.15) is 6.92 Å². The second-order valence-electron chi connectivity index (χ2n) is 4.06. The molecule has 0 saturated carbocycles. The molecule has 0 fully saturated rings. The second kappa shape index (κ2) is 5.97. The fourth-order valence-corrected chi connectivity index (χ4v) is 1.49. The molecule has 2 aromatic rings. The Balaban J connectivity index is 2.08. The number of para-hydroxylation sites is 1. The van der Waals surface area contributed by atoms with E-state index < -0.39 is 0 Å². The van der Waals surface area contributed by atoms with Gasteiger partial charge in [-0.3, -0.25) is 0 Å². The quantitative estimate of drug-likeness (QED) is 0.748. The van der Waals surface area contributed by atoms with E-state index in [9.17, 15) is 0 Å². The van der Waals surface area contributed by atoms with Gasteiger partial charge in [-0.15, -0.1) is 0 Å². The molecule has 4 N–H and O–H groups in total. The number of benzene rings is 1. The maximum absolute atomic E-state index is 5.56. The third kappa shape index (κ3) is 3.43. The van der Waals surface area contributed by atoms with Gasteiger partial charge in [-0.05, 0) is 19.1 Å². The summed E-state index contributed by atoms with van der Waals surface area (Å²) in [5.74, 6) is 1.52. The lowest BCUT2D eigenvalue weighted by atomic mass is 10.3. The average Bonchev–Trinajstić information content (AvgIpc) is 2.40. The molecular weight excluding hydrogens is 226 g/mol. The van der Waals surface area contributed by atoms with Crippen molar-refractivity contribution in [2.24, 2.45) is 5.73 Å². The molecule has 0 aliphatic rings. The maximum Gasteiger partial charge on any atom is 0.135 e. The lowest BCUT2D eigenvalue weighted by Gasteiger charge is -2.12. The molecule has 1 aromatic carbocycles. The first-order valence-corrected chi connectivity index (χ1v) is 5.88. The van der Waals surface area contributed by atoms with Gasteiger partial charge in [0.05, 0.1) is 0 Å². The van der Waals surface area contributed by atoms with Crippen molar-refractivity contribution in [2.45, 2.75) is 13.0 Å². The van der Waals surface area contributed by atoms with E-state index in [1.807, 2.05) is 43.3 Å². The molecule has 1 aromatic heterocycles. The minimum atomic E-state index is 0.185. The Morgan fingerprint density at radius 2 is 1.89 bits per heavy atom. The van der Waals surface area contributed by atoms with Crippen LogP contribution in [-0.4, -0.2) is 22.6 Å². The molecule has 5 nitrogen and oxygen atoms in total. The molecule has 0 saturated heterocycles. The minimum absolute atomic E-state index is 0.185. The molecule has 18 heavy (non-hydrogen) atoms. The van der Waals surface area contributed by atoms with Gasteiger partial charge in [0.25, 0.3) is 0 Å². The van der Waals surface area contributed by atoms with E-state index >= 15 is 0 Å². The number of nitrogens with one attached hydrogen (secondary N) is 2. The number of nitrogens with zero attached hydrogens (tertiary/aromatic N) is 2.